The van der Waals surface area contributed by atoms with Gasteiger partial charge in [-0.05, 0) is 60.7 Å². The second kappa shape index (κ2) is 11.5. The summed E-state index contributed by atoms with van der Waals surface area (Å²) < 4.78 is 0. The summed E-state index contributed by atoms with van der Waals surface area (Å²) in [5.41, 5.74) is 1.88. The molecule has 0 aliphatic heterocycles. The minimum Gasteiger partial charge on any atom is -0.352 e. The Kier molecular flexibility index (Phi) is 8.76. The number of amides is 2. The molecule has 3 aromatic carbocycles. The van der Waals surface area contributed by atoms with Crippen molar-refractivity contribution in [1.82, 2.24) is 10.2 Å². The minimum absolute atomic E-state index is 0.0155. The van der Waals surface area contributed by atoms with Crippen LogP contribution in [0.2, 0.25) is 10.0 Å². The van der Waals surface area contributed by atoms with E-state index in [1.165, 1.54) is 0 Å². The average molecular weight is 485 g/mol. The van der Waals surface area contributed by atoms with Crippen molar-refractivity contribution in [3.8, 4) is 0 Å². The summed E-state index contributed by atoms with van der Waals surface area (Å²) in [6.07, 6.45) is 1.39. The topological polar surface area (TPSA) is 49.4 Å². The maximum absolute atomic E-state index is 13.5. The van der Waals surface area contributed by atoms with E-state index in [-0.39, 0.29) is 24.4 Å². The zero-order valence-electron chi connectivity index (χ0n) is 19.3. The largest absolute Gasteiger partial charge is 0.352 e. The molecule has 0 saturated carbocycles. The van der Waals surface area contributed by atoms with Crippen molar-refractivity contribution in [3.05, 3.63) is 81.8 Å². The van der Waals surface area contributed by atoms with Crippen molar-refractivity contribution in [2.45, 2.75) is 58.7 Å². The van der Waals surface area contributed by atoms with Crippen LogP contribution in [0.5, 0.6) is 0 Å². The van der Waals surface area contributed by atoms with Gasteiger partial charge in [-0.15, -0.1) is 0 Å². The number of hydrogen-bond donors (Lipinski definition) is 1. The first-order chi connectivity index (χ1) is 15.8. The van der Waals surface area contributed by atoms with Gasteiger partial charge in [-0.3, -0.25) is 9.59 Å². The molecule has 0 aliphatic carbocycles. The lowest BCUT2D eigenvalue weighted by atomic mass is 10.00. The van der Waals surface area contributed by atoms with Crippen LogP contribution >= 0.6 is 23.2 Å². The molecule has 1 N–H and O–H groups in total. The lowest BCUT2D eigenvalue weighted by Crippen LogP contribution is -2.50. The molecule has 0 radical (unpaired) electrons. The second-order valence-corrected chi connectivity index (χ2v) is 9.33. The van der Waals surface area contributed by atoms with Crippen molar-refractivity contribution in [2.75, 3.05) is 0 Å². The molecule has 3 aromatic rings. The van der Waals surface area contributed by atoms with E-state index in [9.17, 15) is 9.59 Å². The Morgan fingerprint density at radius 1 is 0.970 bits per heavy atom. The van der Waals surface area contributed by atoms with E-state index in [4.69, 9.17) is 23.2 Å². The minimum atomic E-state index is -0.584. The Bertz CT molecular complexity index is 1120. The third kappa shape index (κ3) is 6.49. The van der Waals surface area contributed by atoms with E-state index < -0.39 is 6.04 Å². The quantitative estimate of drug-likeness (QED) is 0.381. The molecule has 0 saturated heterocycles. The van der Waals surface area contributed by atoms with E-state index >= 15 is 0 Å². The molecule has 33 heavy (non-hydrogen) atoms. The van der Waals surface area contributed by atoms with Crippen LogP contribution < -0.4 is 5.32 Å². The number of fused-ring (bicyclic) bond motifs is 1. The fourth-order valence-corrected chi connectivity index (χ4v) is 4.50. The van der Waals surface area contributed by atoms with Crippen molar-refractivity contribution in [1.29, 1.82) is 0 Å². The standard InChI is InChI=1S/C27H30Cl2N2O2/c1-4-25(27(33)30-18(2)3)31(17-21-12-14-22(28)16-24(21)29)26(32)15-13-20-10-7-9-19-8-5-6-11-23(19)20/h5-12,14,16,18,25H,4,13,15,17H2,1-3H3,(H,30,33). The van der Waals surface area contributed by atoms with E-state index in [2.05, 4.69) is 29.6 Å². The highest BCUT2D eigenvalue weighted by Gasteiger charge is 2.29. The van der Waals surface area contributed by atoms with Gasteiger partial charge in [0, 0.05) is 29.1 Å². The molecule has 3 rings (SSSR count). The summed E-state index contributed by atoms with van der Waals surface area (Å²) >= 11 is 12.5. The highest BCUT2D eigenvalue weighted by Crippen LogP contribution is 2.25. The lowest BCUT2D eigenvalue weighted by Gasteiger charge is -2.31. The zero-order valence-corrected chi connectivity index (χ0v) is 20.8. The molecule has 4 nitrogen and oxygen atoms in total. The molecule has 0 heterocycles. The van der Waals surface area contributed by atoms with Crippen molar-refractivity contribution >= 4 is 45.8 Å². The molecule has 0 bridgehead atoms. The van der Waals surface area contributed by atoms with Crippen LogP contribution in [0, 0.1) is 0 Å². The van der Waals surface area contributed by atoms with E-state index in [0.717, 1.165) is 21.9 Å². The fourth-order valence-electron chi connectivity index (χ4n) is 4.03. The van der Waals surface area contributed by atoms with Gasteiger partial charge in [-0.25, -0.2) is 0 Å². The van der Waals surface area contributed by atoms with Crippen LogP contribution in [-0.4, -0.2) is 28.8 Å². The summed E-state index contributed by atoms with van der Waals surface area (Å²) in [5.74, 6) is -0.240. The molecule has 0 fully saturated rings. The maximum atomic E-state index is 13.5. The summed E-state index contributed by atoms with van der Waals surface area (Å²) in [6.45, 7) is 5.98. The van der Waals surface area contributed by atoms with E-state index in [1.807, 2.05) is 45.0 Å². The molecular formula is C27H30Cl2N2O2. The van der Waals surface area contributed by atoms with E-state index in [1.54, 1.807) is 17.0 Å². The number of benzene rings is 3. The summed E-state index contributed by atoms with van der Waals surface area (Å²) in [4.78, 5) is 28.1. The normalized spacial score (nSPS) is 12.1. The van der Waals surface area contributed by atoms with E-state index in [0.29, 0.717) is 29.3 Å². The first-order valence-electron chi connectivity index (χ1n) is 11.3. The van der Waals surface area contributed by atoms with Crippen LogP contribution in [0.15, 0.2) is 60.7 Å². The predicted molar refractivity (Wildman–Crippen MR) is 137 cm³/mol. The monoisotopic (exact) mass is 484 g/mol. The Morgan fingerprint density at radius 2 is 1.70 bits per heavy atom. The molecule has 0 aromatic heterocycles. The van der Waals surface area contributed by atoms with Gasteiger partial charge >= 0.3 is 0 Å². The van der Waals surface area contributed by atoms with Crippen LogP contribution in [-0.2, 0) is 22.6 Å². The number of hydrogen-bond acceptors (Lipinski definition) is 2. The number of carbonyl (C=O) groups is 2. The Labute approximate surface area is 205 Å². The van der Waals surface area contributed by atoms with Gasteiger partial charge < -0.3 is 10.2 Å². The molecule has 174 valence electrons. The highest BCUT2D eigenvalue weighted by molar-refractivity contribution is 6.35. The van der Waals surface area contributed by atoms with Crippen molar-refractivity contribution in [3.63, 3.8) is 0 Å². The fraction of sp³-hybridized carbons (Fsp3) is 0.333. The van der Waals surface area contributed by atoms with Gasteiger partial charge in [-0.2, -0.15) is 0 Å². The van der Waals surface area contributed by atoms with Gasteiger partial charge in [0.2, 0.25) is 11.8 Å². The SMILES string of the molecule is CCC(C(=O)NC(C)C)N(Cc1ccc(Cl)cc1Cl)C(=O)CCc1cccc2ccccc12. The molecule has 2 amide bonds. The third-order valence-electron chi connectivity index (χ3n) is 5.66. The van der Waals surface area contributed by atoms with Crippen LogP contribution in [0.1, 0.15) is 44.7 Å². The third-order valence-corrected chi connectivity index (χ3v) is 6.25. The molecule has 6 heteroatoms. The molecule has 1 atom stereocenters. The summed E-state index contributed by atoms with van der Waals surface area (Å²) in [7, 11) is 0. The Hall–Kier alpha value is -2.56. The molecular weight excluding hydrogens is 455 g/mol. The van der Waals surface area contributed by atoms with Gasteiger partial charge in [-0.1, -0.05) is 78.7 Å². The second-order valence-electron chi connectivity index (χ2n) is 8.48. The Balaban J connectivity index is 1.86. The zero-order chi connectivity index (χ0) is 24.0. The van der Waals surface area contributed by atoms with Crippen LogP contribution in [0.3, 0.4) is 0 Å². The van der Waals surface area contributed by atoms with Crippen LogP contribution in [0.25, 0.3) is 10.8 Å². The first kappa shape index (κ1) is 25.1. The van der Waals surface area contributed by atoms with Gasteiger partial charge in [0.15, 0.2) is 0 Å². The van der Waals surface area contributed by atoms with Gasteiger partial charge in [0.05, 0.1) is 0 Å². The molecule has 1 unspecified atom stereocenters. The van der Waals surface area contributed by atoms with Crippen molar-refractivity contribution < 1.29 is 9.59 Å². The smallest absolute Gasteiger partial charge is 0.243 e. The number of carbonyl (C=O) groups excluding carboxylic acids is 2. The predicted octanol–water partition coefficient (Wildman–Crippen LogP) is 6.41. The highest BCUT2D eigenvalue weighted by atomic mass is 35.5. The molecule has 0 spiro atoms. The Morgan fingerprint density at radius 3 is 2.39 bits per heavy atom. The maximum Gasteiger partial charge on any atom is 0.243 e. The first-order valence-corrected chi connectivity index (χ1v) is 12.1. The summed E-state index contributed by atoms with van der Waals surface area (Å²) in [6, 6.07) is 18.9. The van der Waals surface area contributed by atoms with Gasteiger partial charge in [0.25, 0.3) is 0 Å². The van der Waals surface area contributed by atoms with Gasteiger partial charge in [0.1, 0.15) is 6.04 Å². The molecule has 0 aliphatic rings. The number of nitrogens with one attached hydrogen (secondary N) is 1. The summed E-state index contributed by atoms with van der Waals surface area (Å²) in [5, 5.41) is 6.25. The lowest BCUT2D eigenvalue weighted by molar-refractivity contribution is -0.141. The van der Waals surface area contributed by atoms with Crippen LogP contribution in [0.4, 0.5) is 0 Å². The number of aryl methyl sites for hydroxylation is 1. The number of nitrogens with zero attached hydrogens (tertiary/aromatic N) is 1. The number of halogens is 2. The average Bonchev–Trinajstić information content (AvgIpc) is 2.78. The number of rotatable bonds is 9. The van der Waals surface area contributed by atoms with Crippen molar-refractivity contribution in [2.24, 2.45) is 0 Å².